The van der Waals surface area contributed by atoms with E-state index in [9.17, 15) is 0 Å². The van der Waals surface area contributed by atoms with Gasteiger partial charge in [0.2, 0.25) is 0 Å². The SMILES string of the molecule is COc1ccc(N2CC3(CN(CCc4c(C)noc4C)C3)C2)cc1. The molecule has 2 aliphatic heterocycles. The number of aromatic nitrogens is 1. The second-order valence-electron chi connectivity index (χ2n) is 7.32. The van der Waals surface area contributed by atoms with E-state index in [0.717, 1.165) is 30.2 Å². The van der Waals surface area contributed by atoms with Gasteiger partial charge in [-0.05, 0) is 44.5 Å². The second-order valence-corrected chi connectivity index (χ2v) is 7.32. The van der Waals surface area contributed by atoms with Crippen molar-refractivity contribution in [2.75, 3.05) is 44.7 Å². The lowest BCUT2D eigenvalue weighted by Gasteiger charge is -2.61. The molecule has 0 N–H and O–H groups in total. The first kappa shape index (κ1) is 15.5. The van der Waals surface area contributed by atoms with Crippen molar-refractivity contribution in [1.82, 2.24) is 10.1 Å². The van der Waals surface area contributed by atoms with E-state index in [-0.39, 0.29) is 0 Å². The summed E-state index contributed by atoms with van der Waals surface area (Å²) in [6.45, 7) is 9.90. The van der Waals surface area contributed by atoms with Crippen LogP contribution in [0.2, 0.25) is 0 Å². The van der Waals surface area contributed by atoms with Gasteiger partial charge in [0, 0.05) is 49.4 Å². The van der Waals surface area contributed by atoms with Gasteiger partial charge in [0.15, 0.2) is 0 Å². The first-order chi connectivity index (χ1) is 11.6. The minimum Gasteiger partial charge on any atom is -0.497 e. The molecular formula is C19H25N3O2. The summed E-state index contributed by atoms with van der Waals surface area (Å²) in [6, 6.07) is 8.38. The highest BCUT2D eigenvalue weighted by Crippen LogP contribution is 2.42. The van der Waals surface area contributed by atoms with Crippen LogP contribution in [0.5, 0.6) is 5.75 Å². The molecule has 4 rings (SSSR count). The Hall–Kier alpha value is -2.01. The molecule has 24 heavy (non-hydrogen) atoms. The standard InChI is InChI=1S/C19H25N3O2/c1-14-18(15(2)24-20-14)8-9-21-10-19(11-21)12-22(13-19)16-4-6-17(23-3)7-5-16/h4-7H,8-13H2,1-3H3. The van der Waals surface area contributed by atoms with Crippen molar-refractivity contribution in [2.45, 2.75) is 20.3 Å². The van der Waals surface area contributed by atoms with Crippen molar-refractivity contribution in [3.63, 3.8) is 0 Å². The minimum atomic E-state index is 0.513. The van der Waals surface area contributed by atoms with Gasteiger partial charge in [-0.25, -0.2) is 0 Å². The van der Waals surface area contributed by atoms with Crippen molar-refractivity contribution in [3.8, 4) is 5.75 Å². The first-order valence-electron chi connectivity index (χ1n) is 8.62. The van der Waals surface area contributed by atoms with Gasteiger partial charge in [-0.3, -0.25) is 0 Å². The number of hydrogen-bond acceptors (Lipinski definition) is 5. The maximum atomic E-state index is 5.25. The Bertz CT molecular complexity index is 689. The molecular weight excluding hydrogens is 302 g/mol. The number of methoxy groups -OCH3 is 1. The number of likely N-dealkylation sites (tertiary alicyclic amines) is 1. The van der Waals surface area contributed by atoms with Crippen LogP contribution < -0.4 is 9.64 Å². The van der Waals surface area contributed by atoms with Crippen LogP contribution in [0.1, 0.15) is 17.0 Å². The molecule has 0 saturated carbocycles. The van der Waals surface area contributed by atoms with Gasteiger partial charge in [-0.15, -0.1) is 0 Å². The van der Waals surface area contributed by atoms with Gasteiger partial charge < -0.3 is 19.1 Å². The molecule has 1 aromatic heterocycles. The van der Waals surface area contributed by atoms with Crippen molar-refractivity contribution in [3.05, 3.63) is 41.3 Å². The molecule has 0 unspecified atom stereocenters. The van der Waals surface area contributed by atoms with E-state index in [1.54, 1.807) is 7.11 Å². The fourth-order valence-electron chi connectivity index (χ4n) is 4.13. The smallest absolute Gasteiger partial charge is 0.137 e. The van der Waals surface area contributed by atoms with Gasteiger partial charge in [0.25, 0.3) is 0 Å². The average Bonchev–Trinajstić information content (AvgIpc) is 2.84. The summed E-state index contributed by atoms with van der Waals surface area (Å²) in [4.78, 5) is 5.02. The largest absolute Gasteiger partial charge is 0.497 e. The molecule has 1 aromatic carbocycles. The van der Waals surface area contributed by atoms with Gasteiger partial charge in [0.1, 0.15) is 11.5 Å². The zero-order valence-electron chi connectivity index (χ0n) is 14.7. The molecule has 0 aliphatic carbocycles. The fourth-order valence-corrected chi connectivity index (χ4v) is 4.13. The Morgan fingerprint density at radius 3 is 2.42 bits per heavy atom. The number of rotatable bonds is 5. The summed E-state index contributed by atoms with van der Waals surface area (Å²) < 4.78 is 10.5. The quantitative estimate of drug-likeness (QED) is 0.844. The molecule has 2 saturated heterocycles. The third kappa shape index (κ3) is 2.67. The van der Waals surface area contributed by atoms with E-state index in [1.165, 1.54) is 37.4 Å². The molecule has 5 heteroatoms. The number of hydrogen-bond donors (Lipinski definition) is 0. The van der Waals surface area contributed by atoms with Crippen LogP contribution in [-0.2, 0) is 6.42 Å². The van der Waals surface area contributed by atoms with E-state index in [1.807, 2.05) is 26.0 Å². The Labute approximate surface area is 143 Å². The van der Waals surface area contributed by atoms with E-state index >= 15 is 0 Å². The highest BCUT2D eigenvalue weighted by Gasteiger charge is 2.51. The van der Waals surface area contributed by atoms with Crippen molar-refractivity contribution in [1.29, 1.82) is 0 Å². The molecule has 0 radical (unpaired) electrons. The summed E-state index contributed by atoms with van der Waals surface area (Å²) in [6.07, 6.45) is 1.04. The number of aryl methyl sites for hydroxylation is 2. The lowest BCUT2D eigenvalue weighted by atomic mass is 9.72. The Kier molecular flexibility index (Phi) is 3.76. The summed E-state index contributed by atoms with van der Waals surface area (Å²) in [7, 11) is 1.71. The predicted octanol–water partition coefficient (Wildman–Crippen LogP) is 2.66. The van der Waals surface area contributed by atoms with Crippen LogP contribution in [0.3, 0.4) is 0 Å². The molecule has 2 fully saturated rings. The van der Waals surface area contributed by atoms with E-state index in [2.05, 4.69) is 27.1 Å². The zero-order chi connectivity index (χ0) is 16.7. The summed E-state index contributed by atoms with van der Waals surface area (Å²) >= 11 is 0. The molecule has 0 amide bonds. The van der Waals surface area contributed by atoms with Gasteiger partial charge in [0.05, 0.1) is 12.8 Å². The number of nitrogens with zero attached hydrogens (tertiary/aromatic N) is 3. The predicted molar refractivity (Wildman–Crippen MR) is 93.8 cm³/mol. The molecule has 0 atom stereocenters. The van der Waals surface area contributed by atoms with E-state index in [4.69, 9.17) is 9.26 Å². The van der Waals surface area contributed by atoms with Crippen molar-refractivity contribution >= 4 is 5.69 Å². The fraction of sp³-hybridized carbons (Fsp3) is 0.526. The highest BCUT2D eigenvalue weighted by atomic mass is 16.5. The summed E-state index contributed by atoms with van der Waals surface area (Å²) in [5, 5.41) is 4.04. The maximum Gasteiger partial charge on any atom is 0.137 e. The summed E-state index contributed by atoms with van der Waals surface area (Å²) in [5.74, 6) is 1.89. The second kappa shape index (κ2) is 5.81. The third-order valence-corrected chi connectivity index (χ3v) is 5.47. The van der Waals surface area contributed by atoms with Gasteiger partial charge in [-0.2, -0.15) is 0 Å². The average molecular weight is 327 g/mol. The van der Waals surface area contributed by atoms with Crippen molar-refractivity contribution < 1.29 is 9.26 Å². The molecule has 3 heterocycles. The number of anilines is 1. The lowest BCUT2D eigenvalue weighted by Crippen LogP contribution is -2.72. The van der Waals surface area contributed by atoms with Crippen LogP contribution in [0.4, 0.5) is 5.69 Å². The number of ether oxygens (including phenoxy) is 1. The normalized spacial score (nSPS) is 19.2. The van der Waals surface area contributed by atoms with Gasteiger partial charge >= 0.3 is 0 Å². The molecule has 2 aliphatic rings. The van der Waals surface area contributed by atoms with E-state index in [0.29, 0.717) is 5.41 Å². The topological polar surface area (TPSA) is 41.7 Å². The van der Waals surface area contributed by atoms with Crippen LogP contribution in [-0.4, -0.2) is 49.9 Å². The molecule has 1 spiro atoms. The monoisotopic (exact) mass is 327 g/mol. The highest BCUT2D eigenvalue weighted by molar-refractivity contribution is 5.52. The van der Waals surface area contributed by atoms with Crippen LogP contribution in [0.15, 0.2) is 28.8 Å². The molecule has 2 aromatic rings. The summed E-state index contributed by atoms with van der Waals surface area (Å²) in [5.41, 5.74) is 4.13. The lowest BCUT2D eigenvalue weighted by molar-refractivity contribution is -0.0206. The maximum absolute atomic E-state index is 5.25. The Morgan fingerprint density at radius 2 is 1.83 bits per heavy atom. The van der Waals surface area contributed by atoms with Crippen LogP contribution >= 0.6 is 0 Å². The van der Waals surface area contributed by atoms with Crippen molar-refractivity contribution in [2.24, 2.45) is 5.41 Å². The van der Waals surface area contributed by atoms with Gasteiger partial charge in [-0.1, -0.05) is 5.16 Å². The van der Waals surface area contributed by atoms with Crippen LogP contribution in [0.25, 0.3) is 0 Å². The van der Waals surface area contributed by atoms with E-state index < -0.39 is 0 Å². The van der Waals surface area contributed by atoms with Crippen LogP contribution in [0, 0.1) is 19.3 Å². The Balaban J connectivity index is 1.25. The minimum absolute atomic E-state index is 0.513. The third-order valence-electron chi connectivity index (χ3n) is 5.47. The first-order valence-corrected chi connectivity index (χ1v) is 8.62. The zero-order valence-corrected chi connectivity index (χ0v) is 14.7. The number of benzene rings is 1. The molecule has 5 nitrogen and oxygen atoms in total. The molecule has 0 bridgehead atoms. The Morgan fingerprint density at radius 1 is 1.12 bits per heavy atom. The molecule has 128 valence electrons.